The van der Waals surface area contributed by atoms with Gasteiger partial charge in [0.1, 0.15) is 0 Å². The van der Waals surface area contributed by atoms with E-state index in [1.807, 2.05) is 0 Å². The zero-order valence-electron chi connectivity index (χ0n) is 9.11. The fraction of sp³-hybridized carbons (Fsp3) is 0.300. The predicted octanol–water partition coefficient (Wildman–Crippen LogP) is 1.06. The van der Waals surface area contributed by atoms with Gasteiger partial charge in [0.05, 0.1) is 11.5 Å². The van der Waals surface area contributed by atoms with Crippen LogP contribution >= 0.6 is 0 Å². The topological polar surface area (TPSA) is 84.3 Å². The molecule has 0 bridgehead atoms. The minimum Gasteiger partial charge on any atom is -0.325 e. The van der Waals surface area contributed by atoms with Crippen LogP contribution in [0.2, 0.25) is 0 Å². The summed E-state index contributed by atoms with van der Waals surface area (Å²) in [5.74, 6) is -0.184. The van der Waals surface area contributed by atoms with Crippen molar-refractivity contribution in [3.05, 3.63) is 33.9 Å². The molecule has 1 rings (SSSR count). The molecule has 6 heteroatoms. The summed E-state index contributed by atoms with van der Waals surface area (Å²) in [6, 6.07) is 4.47. The Kier molecular flexibility index (Phi) is 3.96. The second kappa shape index (κ2) is 5.22. The third-order valence-corrected chi connectivity index (χ3v) is 2.01. The van der Waals surface area contributed by atoms with Crippen LogP contribution in [-0.4, -0.2) is 24.4 Å². The van der Waals surface area contributed by atoms with Crippen molar-refractivity contribution in [1.29, 1.82) is 0 Å². The molecular formula is C10H13N3O3. The number of hydrogen-bond donors (Lipinski definition) is 2. The van der Waals surface area contributed by atoms with Gasteiger partial charge in [-0.05, 0) is 26.1 Å². The molecule has 0 unspecified atom stereocenters. The van der Waals surface area contributed by atoms with Crippen molar-refractivity contribution < 1.29 is 9.72 Å². The summed E-state index contributed by atoms with van der Waals surface area (Å²) >= 11 is 0. The van der Waals surface area contributed by atoms with Crippen LogP contribution in [0, 0.1) is 17.0 Å². The zero-order valence-corrected chi connectivity index (χ0v) is 9.11. The SMILES string of the molecule is CNCC(=O)Nc1ccc([N+](=O)[O-])c(C)c1. The van der Waals surface area contributed by atoms with Crippen molar-refractivity contribution in [3.8, 4) is 0 Å². The number of amides is 1. The molecular weight excluding hydrogens is 210 g/mol. The molecule has 0 aliphatic heterocycles. The average molecular weight is 223 g/mol. The number of aryl methyl sites for hydroxylation is 1. The Morgan fingerprint density at radius 1 is 1.50 bits per heavy atom. The van der Waals surface area contributed by atoms with Crippen LogP contribution in [0.4, 0.5) is 11.4 Å². The Morgan fingerprint density at radius 3 is 2.69 bits per heavy atom. The van der Waals surface area contributed by atoms with Crippen molar-refractivity contribution in [3.63, 3.8) is 0 Å². The largest absolute Gasteiger partial charge is 0.325 e. The summed E-state index contributed by atoms with van der Waals surface area (Å²) in [6.45, 7) is 1.84. The van der Waals surface area contributed by atoms with Crippen molar-refractivity contribution in [2.45, 2.75) is 6.92 Å². The molecule has 1 aromatic rings. The predicted molar refractivity (Wildman–Crippen MR) is 60.4 cm³/mol. The highest BCUT2D eigenvalue weighted by atomic mass is 16.6. The molecule has 16 heavy (non-hydrogen) atoms. The van der Waals surface area contributed by atoms with Crippen LogP contribution < -0.4 is 10.6 Å². The van der Waals surface area contributed by atoms with Gasteiger partial charge in [0.2, 0.25) is 5.91 Å². The molecule has 0 radical (unpaired) electrons. The highest BCUT2D eigenvalue weighted by Gasteiger charge is 2.10. The van der Waals surface area contributed by atoms with E-state index in [2.05, 4.69) is 10.6 Å². The van der Waals surface area contributed by atoms with Crippen LogP contribution in [-0.2, 0) is 4.79 Å². The molecule has 0 saturated carbocycles. The van der Waals surface area contributed by atoms with E-state index in [4.69, 9.17) is 0 Å². The maximum absolute atomic E-state index is 11.2. The fourth-order valence-electron chi connectivity index (χ4n) is 1.30. The molecule has 1 amide bonds. The Bertz CT molecular complexity index is 418. The minimum absolute atomic E-state index is 0.0478. The van der Waals surface area contributed by atoms with Crippen molar-refractivity contribution in [1.82, 2.24) is 5.32 Å². The van der Waals surface area contributed by atoms with Gasteiger partial charge < -0.3 is 10.6 Å². The van der Waals surface area contributed by atoms with Gasteiger partial charge in [-0.15, -0.1) is 0 Å². The lowest BCUT2D eigenvalue weighted by Gasteiger charge is -2.05. The number of carbonyl (C=O) groups excluding carboxylic acids is 1. The molecule has 0 saturated heterocycles. The summed E-state index contributed by atoms with van der Waals surface area (Å²) in [4.78, 5) is 21.4. The van der Waals surface area contributed by atoms with Crippen LogP contribution in [0.15, 0.2) is 18.2 Å². The zero-order chi connectivity index (χ0) is 12.1. The molecule has 2 N–H and O–H groups in total. The second-order valence-corrected chi connectivity index (χ2v) is 3.34. The van der Waals surface area contributed by atoms with E-state index in [1.165, 1.54) is 12.1 Å². The number of likely N-dealkylation sites (N-methyl/N-ethyl adjacent to an activating group) is 1. The van der Waals surface area contributed by atoms with Crippen molar-refractivity contribution >= 4 is 17.3 Å². The summed E-state index contributed by atoms with van der Waals surface area (Å²) in [7, 11) is 1.67. The summed E-state index contributed by atoms with van der Waals surface area (Å²) in [5.41, 5.74) is 1.13. The Morgan fingerprint density at radius 2 is 2.19 bits per heavy atom. The molecule has 0 aliphatic carbocycles. The molecule has 0 aromatic heterocycles. The number of anilines is 1. The first-order chi connectivity index (χ1) is 7.54. The number of carbonyl (C=O) groups is 1. The van der Waals surface area contributed by atoms with Gasteiger partial charge in [0, 0.05) is 17.3 Å². The van der Waals surface area contributed by atoms with Crippen LogP contribution in [0.25, 0.3) is 0 Å². The van der Waals surface area contributed by atoms with Crippen LogP contribution in [0.3, 0.4) is 0 Å². The molecule has 0 atom stereocenters. The first-order valence-corrected chi connectivity index (χ1v) is 4.74. The number of benzene rings is 1. The van der Waals surface area contributed by atoms with Gasteiger partial charge in [-0.3, -0.25) is 14.9 Å². The molecule has 0 aliphatic rings. The molecule has 0 spiro atoms. The first-order valence-electron chi connectivity index (χ1n) is 4.74. The maximum atomic E-state index is 11.2. The lowest BCUT2D eigenvalue weighted by Crippen LogP contribution is -2.25. The lowest BCUT2D eigenvalue weighted by atomic mass is 10.2. The van der Waals surface area contributed by atoms with Crippen molar-refractivity contribution in [2.24, 2.45) is 0 Å². The summed E-state index contributed by atoms with van der Waals surface area (Å²) in [5, 5.41) is 15.9. The van der Waals surface area contributed by atoms with E-state index >= 15 is 0 Å². The number of nitrogens with zero attached hydrogens (tertiary/aromatic N) is 1. The fourth-order valence-corrected chi connectivity index (χ4v) is 1.30. The third kappa shape index (κ3) is 3.03. The number of nitrogens with one attached hydrogen (secondary N) is 2. The van der Waals surface area contributed by atoms with E-state index in [0.717, 1.165) is 0 Å². The van der Waals surface area contributed by atoms with Gasteiger partial charge in [-0.1, -0.05) is 0 Å². The van der Waals surface area contributed by atoms with Crippen LogP contribution in [0.5, 0.6) is 0 Å². The normalized spacial score (nSPS) is 9.88. The lowest BCUT2D eigenvalue weighted by molar-refractivity contribution is -0.385. The Balaban J connectivity index is 2.81. The average Bonchev–Trinajstić information content (AvgIpc) is 2.17. The Hall–Kier alpha value is -1.95. The molecule has 0 fully saturated rings. The van der Waals surface area contributed by atoms with Gasteiger partial charge in [0.25, 0.3) is 5.69 Å². The standard InChI is InChI=1S/C10H13N3O3/c1-7-5-8(12-10(14)6-11-2)3-4-9(7)13(15)16/h3-5,11H,6H2,1-2H3,(H,12,14). The summed E-state index contributed by atoms with van der Waals surface area (Å²) < 4.78 is 0. The highest BCUT2D eigenvalue weighted by Crippen LogP contribution is 2.21. The van der Waals surface area contributed by atoms with E-state index < -0.39 is 4.92 Å². The minimum atomic E-state index is -0.450. The first kappa shape index (κ1) is 12.1. The highest BCUT2D eigenvalue weighted by molar-refractivity contribution is 5.92. The molecule has 6 nitrogen and oxygen atoms in total. The molecule has 86 valence electrons. The monoisotopic (exact) mass is 223 g/mol. The van der Waals surface area contributed by atoms with E-state index in [-0.39, 0.29) is 18.1 Å². The van der Waals surface area contributed by atoms with Gasteiger partial charge in [-0.2, -0.15) is 0 Å². The maximum Gasteiger partial charge on any atom is 0.272 e. The van der Waals surface area contributed by atoms with Gasteiger partial charge >= 0.3 is 0 Å². The van der Waals surface area contributed by atoms with E-state index in [0.29, 0.717) is 11.3 Å². The second-order valence-electron chi connectivity index (χ2n) is 3.34. The van der Waals surface area contributed by atoms with E-state index in [1.54, 1.807) is 20.0 Å². The van der Waals surface area contributed by atoms with Gasteiger partial charge in [0.15, 0.2) is 0 Å². The molecule has 1 aromatic carbocycles. The number of hydrogen-bond acceptors (Lipinski definition) is 4. The smallest absolute Gasteiger partial charge is 0.272 e. The van der Waals surface area contributed by atoms with Crippen molar-refractivity contribution in [2.75, 3.05) is 18.9 Å². The quantitative estimate of drug-likeness (QED) is 0.590. The van der Waals surface area contributed by atoms with Crippen LogP contribution in [0.1, 0.15) is 5.56 Å². The summed E-state index contributed by atoms with van der Waals surface area (Å²) in [6.07, 6.45) is 0. The number of nitro benzene ring substituents is 1. The van der Waals surface area contributed by atoms with Gasteiger partial charge in [-0.25, -0.2) is 0 Å². The third-order valence-electron chi connectivity index (χ3n) is 2.01. The van der Waals surface area contributed by atoms with E-state index in [9.17, 15) is 14.9 Å². The Labute approximate surface area is 92.8 Å². The number of rotatable bonds is 4. The molecule has 0 heterocycles. The number of nitro groups is 1.